The summed E-state index contributed by atoms with van der Waals surface area (Å²) in [6, 6.07) is 22.3. The first kappa shape index (κ1) is 28.9. The summed E-state index contributed by atoms with van der Waals surface area (Å²) in [6.45, 7) is 4.67. The van der Waals surface area contributed by atoms with Crippen molar-refractivity contribution in [2.75, 3.05) is 12.8 Å². The molecule has 2 aromatic carbocycles. The highest BCUT2D eigenvalue weighted by molar-refractivity contribution is 7.99. The van der Waals surface area contributed by atoms with Crippen molar-refractivity contribution in [1.29, 1.82) is 0 Å². The Balaban J connectivity index is 0.000000342. The molecule has 198 valence electrons. The Morgan fingerprint density at radius 1 is 0.861 bits per heavy atom. The highest BCUT2D eigenvalue weighted by Gasteiger charge is 2.54. The predicted molar refractivity (Wildman–Crippen MR) is 155 cm³/mol. The van der Waals surface area contributed by atoms with Crippen LogP contribution in [-0.2, 0) is 10.2 Å². The first-order valence-electron chi connectivity index (χ1n) is 13.9. The Morgan fingerprint density at radius 3 is 2.03 bits per heavy atom. The molecule has 3 saturated carbocycles. The lowest BCUT2D eigenvalue weighted by Crippen LogP contribution is -2.51. The van der Waals surface area contributed by atoms with Gasteiger partial charge in [-0.1, -0.05) is 81.6 Å². The lowest BCUT2D eigenvalue weighted by molar-refractivity contribution is -0.122. The molecule has 5 rings (SSSR count). The molecule has 3 aliphatic carbocycles. The average Bonchev–Trinajstić information content (AvgIpc) is 2.90. The Kier molecular flexibility index (Phi) is 10.7. The van der Waals surface area contributed by atoms with Crippen LogP contribution in [0.5, 0.6) is 0 Å². The average molecular weight is 509 g/mol. The van der Waals surface area contributed by atoms with E-state index in [0.717, 1.165) is 18.6 Å². The summed E-state index contributed by atoms with van der Waals surface area (Å²) in [5.41, 5.74) is 11.9. The third kappa shape index (κ3) is 7.69. The second kappa shape index (κ2) is 13.3. The summed E-state index contributed by atoms with van der Waals surface area (Å²) in [6.07, 6.45) is 13.6. The van der Waals surface area contributed by atoms with Gasteiger partial charge in [-0.3, -0.25) is 0 Å². The van der Waals surface area contributed by atoms with Crippen LogP contribution in [-0.4, -0.2) is 25.1 Å². The number of thioether (sulfide) groups is 1. The quantitative estimate of drug-likeness (QED) is 0.327. The van der Waals surface area contributed by atoms with E-state index in [2.05, 4.69) is 80.2 Å². The highest BCUT2D eigenvalue weighted by Crippen LogP contribution is 2.61. The normalized spacial score (nSPS) is 31.8. The molecule has 4 unspecified atom stereocenters. The molecular formula is C32H48N2OS. The van der Waals surface area contributed by atoms with Crippen molar-refractivity contribution in [3.05, 3.63) is 66.2 Å². The van der Waals surface area contributed by atoms with Crippen molar-refractivity contribution in [3.8, 4) is 0 Å². The molecule has 0 saturated heterocycles. The molecule has 0 aliphatic heterocycles. The SMILES string of the molecule is CC1(C=O)CC2CC(C)(CSc3ccccc3)CC(c3ccccc3)(C2)C1.CN.NC1CCCCC1. The Bertz CT molecular complexity index is 916. The number of fused-ring (bicyclic) bond motifs is 2. The zero-order valence-corrected chi connectivity index (χ0v) is 23.6. The summed E-state index contributed by atoms with van der Waals surface area (Å²) in [5, 5.41) is 0. The molecule has 0 radical (unpaired) electrons. The van der Waals surface area contributed by atoms with Crippen LogP contribution in [0.1, 0.15) is 83.6 Å². The molecule has 4 atom stereocenters. The zero-order chi connectivity index (χ0) is 26.1. The third-order valence-corrected chi connectivity index (χ3v) is 9.82. The van der Waals surface area contributed by atoms with E-state index in [0.29, 0.717) is 17.4 Å². The van der Waals surface area contributed by atoms with Gasteiger partial charge in [-0.25, -0.2) is 0 Å². The molecule has 3 aliphatic rings. The summed E-state index contributed by atoms with van der Waals surface area (Å²) in [5.74, 6) is 1.80. The van der Waals surface area contributed by atoms with E-state index in [9.17, 15) is 4.79 Å². The summed E-state index contributed by atoms with van der Waals surface area (Å²) >= 11 is 1.99. The number of carbonyl (C=O) groups is 1. The van der Waals surface area contributed by atoms with Crippen LogP contribution in [0.25, 0.3) is 0 Å². The van der Waals surface area contributed by atoms with Gasteiger partial charge in [0.05, 0.1) is 0 Å². The molecule has 2 bridgehead atoms. The number of hydrogen-bond acceptors (Lipinski definition) is 4. The predicted octanol–water partition coefficient (Wildman–Crippen LogP) is 7.37. The molecule has 36 heavy (non-hydrogen) atoms. The van der Waals surface area contributed by atoms with E-state index >= 15 is 0 Å². The summed E-state index contributed by atoms with van der Waals surface area (Å²) in [4.78, 5) is 13.3. The second-order valence-corrected chi connectivity index (χ2v) is 13.1. The smallest absolute Gasteiger partial charge is 0.125 e. The molecule has 4 heteroatoms. The van der Waals surface area contributed by atoms with Gasteiger partial charge in [0.1, 0.15) is 6.29 Å². The first-order valence-corrected chi connectivity index (χ1v) is 14.9. The zero-order valence-electron chi connectivity index (χ0n) is 22.8. The van der Waals surface area contributed by atoms with E-state index in [1.54, 1.807) is 0 Å². The number of rotatable bonds is 5. The van der Waals surface area contributed by atoms with Crippen LogP contribution in [0.3, 0.4) is 0 Å². The van der Waals surface area contributed by atoms with Crippen LogP contribution >= 0.6 is 11.8 Å². The number of hydrogen-bond donors (Lipinski definition) is 2. The van der Waals surface area contributed by atoms with Crippen molar-refractivity contribution in [3.63, 3.8) is 0 Å². The number of benzene rings is 2. The number of carbonyl (C=O) groups excluding carboxylic acids is 1. The van der Waals surface area contributed by atoms with Crippen molar-refractivity contribution in [1.82, 2.24) is 0 Å². The van der Waals surface area contributed by atoms with Crippen LogP contribution in [0, 0.1) is 16.7 Å². The number of aldehydes is 1. The molecule has 3 nitrogen and oxygen atoms in total. The lowest BCUT2D eigenvalue weighted by Gasteiger charge is -2.57. The first-order chi connectivity index (χ1) is 17.3. The van der Waals surface area contributed by atoms with Gasteiger partial charge in [0.15, 0.2) is 0 Å². The van der Waals surface area contributed by atoms with E-state index < -0.39 is 0 Å². The van der Waals surface area contributed by atoms with E-state index in [4.69, 9.17) is 5.73 Å². The van der Waals surface area contributed by atoms with E-state index in [-0.39, 0.29) is 10.8 Å². The molecule has 0 heterocycles. The maximum atomic E-state index is 12.0. The third-order valence-electron chi connectivity index (χ3n) is 8.37. The fourth-order valence-electron chi connectivity index (χ4n) is 7.29. The molecule has 0 amide bonds. The van der Waals surface area contributed by atoms with E-state index in [1.165, 1.54) is 75.2 Å². The lowest BCUT2D eigenvalue weighted by atomic mass is 9.48. The Morgan fingerprint density at radius 2 is 1.47 bits per heavy atom. The maximum absolute atomic E-state index is 12.0. The second-order valence-electron chi connectivity index (χ2n) is 12.1. The molecule has 2 aromatic rings. The topological polar surface area (TPSA) is 69.1 Å². The van der Waals surface area contributed by atoms with Gasteiger partial charge in [0, 0.05) is 22.1 Å². The van der Waals surface area contributed by atoms with Gasteiger partial charge in [0.2, 0.25) is 0 Å². The van der Waals surface area contributed by atoms with Gasteiger partial charge >= 0.3 is 0 Å². The highest BCUT2D eigenvalue weighted by atomic mass is 32.2. The molecule has 3 fully saturated rings. The van der Waals surface area contributed by atoms with Gasteiger partial charge in [-0.05, 0) is 86.4 Å². The van der Waals surface area contributed by atoms with Crippen molar-refractivity contribution >= 4 is 18.0 Å². The summed E-state index contributed by atoms with van der Waals surface area (Å²) < 4.78 is 0. The van der Waals surface area contributed by atoms with Crippen molar-refractivity contribution in [2.45, 2.75) is 94.4 Å². The fourth-order valence-corrected chi connectivity index (χ4v) is 8.37. The molecule has 0 aromatic heterocycles. The molecule has 0 spiro atoms. The van der Waals surface area contributed by atoms with Gasteiger partial charge in [-0.15, -0.1) is 11.8 Å². The van der Waals surface area contributed by atoms with Crippen LogP contribution in [0.2, 0.25) is 0 Å². The minimum Gasteiger partial charge on any atom is -0.333 e. The Hall–Kier alpha value is -1.62. The van der Waals surface area contributed by atoms with Crippen molar-refractivity contribution < 1.29 is 4.79 Å². The fraction of sp³-hybridized carbons (Fsp3) is 0.594. The molecular weight excluding hydrogens is 460 g/mol. The standard InChI is InChI=1S/C25H30OS.C6H13N.CH5N/c1-23(18-26)13-20-14-24(2,19-27-22-11-7-4-8-12-22)17-25(15-20,16-23)21-9-5-3-6-10-21;7-6-4-2-1-3-5-6;1-2/h3-12,18,20H,13-17,19H2,1-2H3;6H,1-5,7H2;2H2,1H3. The number of nitrogens with two attached hydrogens (primary N) is 2. The minimum absolute atomic E-state index is 0.143. The van der Waals surface area contributed by atoms with Gasteiger partial charge in [-0.2, -0.15) is 0 Å². The van der Waals surface area contributed by atoms with Crippen molar-refractivity contribution in [2.24, 2.45) is 28.2 Å². The van der Waals surface area contributed by atoms with Crippen LogP contribution < -0.4 is 11.5 Å². The minimum atomic E-state index is -0.174. The largest absolute Gasteiger partial charge is 0.333 e. The van der Waals surface area contributed by atoms with Crippen LogP contribution in [0.4, 0.5) is 0 Å². The van der Waals surface area contributed by atoms with Gasteiger partial charge < -0.3 is 16.3 Å². The van der Waals surface area contributed by atoms with Crippen LogP contribution in [0.15, 0.2) is 65.6 Å². The summed E-state index contributed by atoms with van der Waals surface area (Å²) in [7, 11) is 1.50. The monoisotopic (exact) mass is 508 g/mol. The maximum Gasteiger partial charge on any atom is 0.125 e. The van der Waals surface area contributed by atoms with Gasteiger partial charge in [0.25, 0.3) is 0 Å². The van der Waals surface area contributed by atoms with E-state index in [1.807, 2.05) is 11.8 Å². The molecule has 4 N–H and O–H groups in total. The Labute approximate surface area is 224 Å².